The summed E-state index contributed by atoms with van der Waals surface area (Å²) in [6.45, 7) is 5.22. The molecule has 2 amide bonds. The Morgan fingerprint density at radius 3 is 2.65 bits per heavy atom. The van der Waals surface area contributed by atoms with Crippen molar-refractivity contribution in [1.29, 1.82) is 0 Å². The normalized spacial score (nSPS) is 14.1. The first-order valence-electron chi connectivity index (χ1n) is 7.00. The fourth-order valence-corrected chi connectivity index (χ4v) is 2.16. The van der Waals surface area contributed by atoms with Crippen molar-refractivity contribution < 1.29 is 18.7 Å². The first kappa shape index (κ1) is 15.1. The van der Waals surface area contributed by atoms with Crippen molar-refractivity contribution in [3.8, 4) is 5.82 Å². The van der Waals surface area contributed by atoms with Gasteiger partial charge in [-0.2, -0.15) is 5.10 Å². The van der Waals surface area contributed by atoms with Gasteiger partial charge in [0, 0.05) is 6.20 Å². The van der Waals surface area contributed by atoms with Gasteiger partial charge in [0.1, 0.15) is 11.4 Å². The highest BCUT2D eigenvalue weighted by Gasteiger charge is 2.37. The Labute approximate surface area is 131 Å². The number of fused-ring (bicyclic) bond motifs is 1. The van der Waals surface area contributed by atoms with Crippen molar-refractivity contribution >= 4 is 12.0 Å². The summed E-state index contributed by atoms with van der Waals surface area (Å²) in [5.41, 5.74) is 0.0731. The van der Waals surface area contributed by atoms with E-state index in [1.807, 2.05) is 0 Å². The maximum absolute atomic E-state index is 12.9. The number of amides is 2. The van der Waals surface area contributed by atoms with E-state index < -0.39 is 23.4 Å². The molecular formula is C15H15FN4O3. The highest BCUT2D eigenvalue weighted by Crippen LogP contribution is 2.24. The van der Waals surface area contributed by atoms with Gasteiger partial charge < -0.3 is 4.74 Å². The standard InChI is InChI=1S/C15H15FN4O3/c1-15(2,3)23-14(22)19-8-11-10(13(19)21)7-20(18-11)12-5-4-9(16)6-17-12/h4-7H,8H2,1-3H3. The summed E-state index contributed by atoms with van der Waals surface area (Å²) in [4.78, 5) is 29.2. The number of carbonyl (C=O) groups excluding carboxylic acids is 2. The number of nitrogens with zero attached hydrogens (tertiary/aromatic N) is 4. The molecule has 0 N–H and O–H groups in total. The van der Waals surface area contributed by atoms with Crippen LogP contribution >= 0.6 is 0 Å². The zero-order chi connectivity index (χ0) is 16.8. The summed E-state index contributed by atoms with van der Waals surface area (Å²) < 4.78 is 19.5. The van der Waals surface area contributed by atoms with Crippen molar-refractivity contribution in [3.05, 3.63) is 41.6 Å². The van der Waals surface area contributed by atoms with Crippen molar-refractivity contribution in [2.75, 3.05) is 0 Å². The summed E-state index contributed by atoms with van der Waals surface area (Å²) in [7, 11) is 0. The van der Waals surface area contributed by atoms with Crippen LogP contribution < -0.4 is 0 Å². The molecule has 0 unspecified atom stereocenters. The van der Waals surface area contributed by atoms with Crippen LogP contribution in [0.2, 0.25) is 0 Å². The molecule has 0 spiro atoms. The Morgan fingerprint density at radius 1 is 1.35 bits per heavy atom. The molecule has 2 aromatic rings. The zero-order valence-electron chi connectivity index (χ0n) is 12.9. The van der Waals surface area contributed by atoms with Crippen LogP contribution in [0.15, 0.2) is 24.5 Å². The van der Waals surface area contributed by atoms with Gasteiger partial charge in [0.2, 0.25) is 0 Å². The van der Waals surface area contributed by atoms with E-state index in [1.165, 1.54) is 23.0 Å². The van der Waals surface area contributed by atoms with E-state index in [9.17, 15) is 14.0 Å². The number of halogens is 1. The number of aromatic nitrogens is 3. The lowest BCUT2D eigenvalue weighted by Gasteiger charge is -2.23. The fourth-order valence-electron chi connectivity index (χ4n) is 2.16. The Morgan fingerprint density at radius 2 is 2.09 bits per heavy atom. The van der Waals surface area contributed by atoms with Crippen LogP contribution in [-0.4, -0.2) is 37.3 Å². The third kappa shape index (κ3) is 2.92. The average molecular weight is 318 g/mol. The van der Waals surface area contributed by atoms with Gasteiger partial charge in [-0.3, -0.25) is 4.79 Å². The van der Waals surface area contributed by atoms with Gasteiger partial charge in [0.15, 0.2) is 5.82 Å². The topological polar surface area (TPSA) is 77.3 Å². The Hall–Kier alpha value is -2.77. The summed E-state index contributed by atoms with van der Waals surface area (Å²) in [5, 5.41) is 4.23. The second kappa shape index (κ2) is 5.15. The van der Waals surface area contributed by atoms with Crippen LogP contribution in [0.4, 0.5) is 9.18 Å². The van der Waals surface area contributed by atoms with Gasteiger partial charge in [-0.05, 0) is 32.9 Å². The van der Waals surface area contributed by atoms with Gasteiger partial charge in [-0.1, -0.05) is 0 Å². The molecule has 2 aromatic heterocycles. The maximum atomic E-state index is 12.9. The largest absolute Gasteiger partial charge is 0.443 e. The van der Waals surface area contributed by atoms with Gasteiger partial charge >= 0.3 is 6.09 Å². The van der Waals surface area contributed by atoms with Crippen molar-refractivity contribution in [2.24, 2.45) is 0 Å². The monoisotopic (exact) mass is 318 g/mol. The van der Waals surface area contributed by atoms with E-state index in [2.05, 4.69) is 10.1 Å². The van der Waals surface area contributed by atoms with E-state index in [0.29, 0.717) is 17.1 Å². The minimum Gasteiger partial charge on any atom is -0.443 e. The highest BCUT2D eigenvalue weighted by atomic mass is 19.1. The smallest absolute Gasteiger partial charge is 0.417 e. The molecule has 1 aliphatic heterocycles. The van der Waals surface area contributed by atoms with E-state index in [-0.39, 0.29) is 6.54 Å². The lowest BCUT2D eigenvalue weighted by atomic mass is 10.2. The number of carbonyl (C=O) groups is 2. The number of pyridine rings is 1. The molecule has 8 heteroatoms. The molecule has 0 saturated heterocycles. The predicted molar refractivity (Wildman–Crippen MR) is 77.4 cm³/mol. The molecular weight excluding hydrogens is 303 g/mol. The van der Waals surface area contributed by atoms with Crippen molar-refractivity contribution in [1.82, 2.24) is 19.7 Å². The van der Waals surface area contributed by atoms with Crippen molar-refractivity contribution in [2.45, 2.75) is 32.9 Å². The van der Waals surface area contributed by atoms with E-state index in [4.69, 9.17) is 4.74 Å². The van der Waals surface area contributed by atoms with Gasteiger partial charge in [-0.25, -0.2) is 23.8 Å². The molecule has 120 valence electrons. The molecule has 0 fully saturated rings. The number of hydrogen-bond donors (Lipinski definition) is 0. The summed E-state index contributed by atoms with van der Waals surface area (Å²) in [5.74, 6) is -0.541. The third-order valence-electron chi connectivity index (χ3n) is 3.13. The van der Waals surface area contributed by atoms with Gasteiger partial charge in [0.25, 0.3) is 5.91 Å². The molecule has 23 heavy (non-hydrogen) atoms. The number of rotatable bonds is 1. The van der Waals surface area contributed by atoms with Crippen LogP contribution in [0, 0.1) is 5.82 Å². The first-order valence-corrected chi connectivity index (χ1v) is 7.00. The Kier molecular flexibility index (Phi) is 3.39. The van der Waals surface area contributed by atoms with Gasteiger partial charge in [-0.15, -0.1) is 0 Å². The summed E-state index contributed by atoms with van der Waals surface area (Å²) >= 11 is 0. The first-order chi connectivity index (χ1) is 10.7. The molecule has 0 bridgehead atoms. The number of hydrogen-bond acceptors (Lipinski definition) is 5. The minimum atomic E-state index is -0.702. The second-order valence-electron chi connectivity index (χ2n) is 6.14. The minimum absolute atomic E-state index is 0.0390. The summed E-state index contributed by atoms with van der Waals surface area (Å²) in [6.07, 6.45) is 1.84. The molecule has 7 nitrogen and oxygen atoms in total. The van der Waals surface area contributed by atoms with E-state index in [1.54, 1.807) is 20.8 Å². The molecule has 3 rings (SSSR count). The summed E-state index contributed by atoms with van der Waals surface area (Å²) in [6, 6.07) is 2.71. The van der Waals surface area contributed by atoms with E-state index >= 15 is 0 Å². The second-order valence-corrected chi connectivity index (χ2v) is 6.14. The van der Waals surface area contributed by atoms with Crippen LogP contribution in [0.3, 0.4) is 0 Å². The molecule has 0 atom stereocenters. The number of imide groups is 1. The third-order valence-corrected chi connectivity index (χ3v) is 3.13. The lowest BCUT2D eigenvalue weighted by molar-refractivity contribution is 0.0246. The Bertz CT molecular complexity index is 777. The highest BCUT2D eigenvalue weighted by molar-refractivity contribution is 6.06. The van der Waals surface area contributed by atoms with E-state index in [0.717, 1.165) is 11.1 Å². The molecule has 3 heterocycles. The number of ether oxygens (including phenoxy) is 1. The quantitative estimate of drug-likeness (QED) is 0.806. The SMILES string of the molecule is CC(C)(C)OC(=O)N1Cc2nn(-c3ccc(F)cn3)cc2C1=O. The molecule has 0 aliphatic carbocycles. The van der Waals surface area contributed by atoms with Crippen molar-refractivity contribution in [3.63, 3.8) is 0 Å². The molecule has 0 radical (unpaired) electrons. The maximum Gasteiger partial charge on any atom is 0.417 e. The van der Waals surface area contributed by atoms with Crippen LogP contribution in [0.5, 0.6) is 0 Å². The van der Waals surface area contributed by atoms with Gasteiger partial charge in [0.05, 0.1) is 24.0 Å². The van der Waals surface area contributed by atoms with Crippen LogP contribution in [-0.2, 0) is 11.3 Å². The fraction of sp³-hybridized carbons (Fsp3) is 0.333. The Balaban J connectivity index is 1.82. The predicted octanol–water partition coefficient (Wildman–Crippen LogP) is 2.30. The van der Waals surface area contributed by atoms with Crippen LogP contribution in [0.25, 0.3) is 5.82 Å². The lowest BCUT2D eigenvalue weighted by Crippen LogP contribution is -2.37. The zero-order valence-corrected chi connectivity index (χ0v) is 12.9. The van der Waals surface area contributed by atoms with Crippen LogP contribution in [0.1, 0.15) is 36.8 Å². The average Bonchev–Trinajstić information content (AvgIpc) is 2.98. The molecule has 0 saturated carbocycles. The molecule has 0 aromatic carbocycles. The molecule has 1 aliphatic rings.